The molecule has 0 saturated heterocycles. The summed E-state index contributed by atoms with van der Waals surface area (Å²) in [5.74, 6) is 1.92. The van der Waals surface area contributed by atoms with Crippen molar-refractivity contribution < 1.29 is 9.53 Å². The zero-order chi connectivity index (χ0) is 6.43. The second-order valence-electron chi connectivity index (χ2n) is 2.60. The molecular formula is C7H8O2. The van der Waals surface area contributed by atoms with E-state index in [1.165, 1.54) is 0 Å². The quantitative estimate of drug-likeness (QED) is 0.515. The first-order valence-electron chi connectivity index (χ1n) is 3.12. The number of methoxy groups -OCH3 is 1. The lowest BCUT2D eigenvalue weighted by atomic mass is 10.3. The van der Waals surface area contributed by atoms with Gasteiger partial charge in [-0.2, -0.15) is 0 Å². The summed E-state index contributed by atoms with van der Waals surface area (Å²) in [6.45, 7) is 0. The lowest BCUT2D eigenvalue weighted by Gasteiger charge is -1.96. The molecule has 48 valence electrons. The number of hydrogen-bond donors (Lipinski definition) is 0. The van der Waals surface area contributed by atoms with Gasteiger partial charge in [-0.15, -0.1) is 0 Å². The van der Waals surface area contributed by atoms with Gasteiger partial charge in [0, 0.05) is 17.9 Å². The first-order valence-corrected chi connectivity index (χ1v) is 3.12. The van der Waals surface area contributed by atoms with E-state index in [0.29, 0.717) is 11.8 Å². The standard InChI is InChI=1S/C7H8O2/c1-9-7-3-6(8)4-2-5(4)7/h3-5H,2H2,1H3. The molecule has 2 rings (SSSR count). The van der Waals surface area contributed by atoms with Crippen LogP contribution in [0.4, 0.5) is 0 Å². The molecule has 1 fully saturated rings. The van der Waals surface area contributed by atoms with Crippen LogP contribution in [0.5, 0.6) is 0 Å². The average molecular weight is 124 g/mol. The van der Waals surface area contributed by atoms with Crippen molar-refractivity contribution in [1.29, 1.82) is 0 Å². The maximum absolute atomic E-state index is 10.8. The summed E-state index contributed by atoms with van der Waals surface area (Å²) in [4.78, 5) is 10.8. The van der Waals surface area contributed by atoms with Crippen molar-refractivity contribution in [2.45, 2.75) is 6.42 Å². The molecule has 9 heavy (non-hydrogen) atoms. The van der Waals surface area contributed by atoms with Crippen LogP contribution in [-0.2, 0) is 9.53 Å². The molecule has 0 aromatic rings. The molecule has 0 bridgehead atoms. The Kier molecular flexibility index (Phi) is 0.770. The highest BCUT2D eigenvalue weighted by Crippen LogP contribution is 2.49. The van der Waals surface area contributed by atoms with E-state index < -0.39 is 0 Å². The Morgan fingerprint density at radius 1 is 1.67 bits per heavy atom. The molecule has 2 aliphatic rings. The number of rotatable bonds is 1. The Balaban J connectivity index is 2.24. The predicted octanol–water partition coefficient (Wildman–Crippen LogP) is 0.736. The third kappa shape index (κ3) is 0.530. The van der Waals surface area contributed by atoms with E-state index in [2.05, 4.69) is 0 Å². The molecule has 0 N–H and O–H groups in total. The van der Waals surface area contributed by atoms with Crippen LogP contribution in [0.1, 0.15) is 6.42 Å². The Morgan fingerprint density at radius 2 is 2.44 bits per heavy atom. The number of carbonyl (C=O) groups excluding carboxylic acids is 1. The number of fused-ring (bicyclic) bond motifs is 1. The Labute approximate surface area is 53.5 Å². The number of allylic oxidation sites excluding steroid dienone is 2. The third-order valence-electron chi connectivity index (χ3n) is 2.04. The van der Waals surface area contributed by atoms with Crippen molar-refractivity contribution in [2.75, 3.05) is 7.11 Å². The highest BCUT2D eigenvalue weighted by atomic mass is 16.5. The van der Waals surface area contributed by atoms with E-state index in [1.807, 2.05) is 0 Å². The van der Waals surface area contributed by atoms with Gasteiger partial charge >= 0.3 is 0 Å². The summed E-state index contributed by atoms with van der Waals surface area (Å²) in [6.07, 6.45) is 2.65. The van der Waals surface area contributed by atoms with Gasteiger partial charge in [-0.05, 0) is 6.42 Å². The van der Waals surface area contributed by atoms with Crippen LogP contribution < -0.4 is 0 Å². The van der Waals surface area contributed by atoms with Gasteiger partial charge in [-0.1, -0.05) is 0 Å². The smallest absolute Gasteiger partial charge is 0.162 e. The minimum atomic E-state index is 0.261. The summed E-state index contributed by atoms with van der Waals surface area (Å²) in [5.41, 5.74) is 0. The molecule has 1 saturated carbocycles. The summed E-state index contributed by atoms with van der Waals surface area (Å²) < 4.78 is 4.98. The van der Waals surface area contributed by atoms with Crippen molar-refractivity contribution in [1.82, 2.24) is 0 Å². The van der Waals surface area contributed by atoms with E-state index in [1.54, 1.807) is 13.2 Å². The van der Waals surface area contributed by atoms with E-state index >= 15 is 0 Å². The first kappa shape index (κ1) is 5.03. The van der Waals surface area contributed by atoms with Gasteiger partial charge in [0.05, 0.1) is 7.11 Å². The third-order valence-corrected chi connectivity index (χ3v) is 2.04. The maximum atomic E-state index is 10.8. The van der Waals surface area contributed by atoms with Gasteiger partial charge in [0.15, 0.2) is 5.78 Å². The van der Waals surface area contributed by atoms with Crippen molar-refractivity contribution in [3.8, 4) is 0 Å². The zero-order valence-corrected chi connectivity index (χ0v) is 5.26. The Morgan fingerprint density at radius 3 is 2.67 bits per heavy atom. The predicted molar refractivity (Wildman–Crippen MR) is 31.7 cm³/mol. The van der Waals surface area contributed by atoms with Crippen LogP contribution in [-0.4, -0.2) is 12.9 Å². The minimum absolute atomic E-state index is 0.261. The summed E-state index contributed by atoms with van der Waals surface area (Å²) in [6, 6.07) is 0. The minimum Gasteiger partial charge on any atom is -0.501 e. The summed E-state index contributed by atoms with van der Waals surface area (Å²) in [5, 5.41) is 0. The molecule has 0 heterocycles. The van der Waals surface area contributed by atoms with Crippen LogP contribution in [0.25, 0.3) is 0 Å². The molecule has 2 unspecified atom stereocenters. The topological polar surface area (TPSA) is 26.3 Å². The second kappa shape index (κ2) is 1.38. The van der Waals surface area contributed by atoms with E-state index in [-0.39, 0.29) is 5.78 Å². The van der Waals surface area contributed by atoms with Crippen LogP contribution in [0, 0.1) is 11.8 Å². The molecule has 2 nitrogen and oxygen atoms in total. The monoisotopic (exact) mass is 124 g/mol. The second-order valence-corrected chi connectivity index (χ2v) is 2.60. The molecule has 0 amide bonds. The molecule has 0 aromatic carbocycles. The van der Waals surface area contributed by atoms with Crippen LogP contribution >= 0.6 is 0 Å². The highest BCUT2D eigenvalue weighted by molar-refractivity contribution is 5.98. The van der Waals surface area contributed by atoms with Crippen molar-refractivity contribution >= 4 is 5.78 Å². The Bertz CT molecular complexity index is 193. The fourth-order valence-electron chi connectivity index (χ4n) is 1.39. The number of ether oxygens (including phenoxy) is 1. The molecule has 2 atom stereocenters. The van der Waals surface area contributed by atoms with Gasteiger partial charge in [0.1, 0.15) is 5.76 Å². The largest absolute Gasteiger partial charge is 0.501 e. The lowest BCUT2D eigenvalue weighted by molar-refractivity contribution is -0.115. The average Bonchev–Trinajstić information content (AvgIpc) is 2.56. The first-order chi connectivity index (χ1) is 4.33. The van der Waals surface area contributed by atoms with Crippen LogP contribution in [0.3, 0.4) is 0 Å². The lowest BCUT2D eigenvalue weighted by Crippen LogP contribution is -1.89. The number of hydrogen-bond acceptors (Lipinski definition) is 2. The van der Waals surface area contributed by atoms with Crippen molar-refractivity contribution in [3.05, 3.63) is 11.8 Å². The van der Waals surface area contributed by atoms with Gasteiger partial charge in [0.25, 0.3) is 0 Å². The molecule has 0 aromatic heterocycles. The number of carbonyl (C=O) groups is 1. The van der Waals surface area contributed by atoms with Crippen molar-refractivity contribution in [3.63, 3.8) is 0 Å². The fraction of sp³-hybridized carbons (Fsp3) is 0.571. The summed E-state index contributed by atoms with van der Waals surface area (Å²) in [7, 11) is 1.62. The molecule has 0 spiro atoms. The van der Waals surface area contributed by atoms with Gasteiger partial charge in [0.2, 0.25) is 0 Å². The molecular weight excluding hydrogens is 116 g/mol. The zero-order valence-electron chi connectivity index (χ0n) is 5.26. The van der Waals surface area contributed by atoms with Gasteiger partial charge < -0.3 is 4.74 Å². The molecule has 0 aliphatic heterocycles. The van der Waals surface area contributed by atoms with E-state index in [4.69, 9.17) is 4.74 Å². The van der Waals surface area contributed by atoms with Crippen LogP contribution in [0.15, 0.2) is 11.8 Å². The van der Waals surface area contributed by atoms with Crippen LogP contribution in [0.2, 0.25) is 0 Å². The molecule has 2 aliphatic carbocycles. The Hall–Kier alpha value is -0.790. The van der Waals surface area contributed by atoms with Gasteiger partial charge in [-0.25, -0.2) is 0 Å². The molecule has 0 radical (unpaired) electrons. The van der Waals surface area contributed by atoms with Gasteiger partial charge in [-0.3, -0.25) is 4.79 Å². The maximum Gasteiger partial charge on any atom is 0.162 e. The normalized spacial score (nSPS) is 37.9. The number of ketones is 1. The van der Waals surface area contributed by atoms with Crippen molar-refractivity contribution in [2.24, 2.45) is 11.8 Å². The van der Waals surface area contributed by atoms with E-state index in [0.717, 1.165) is 12.2 Å². The molecule has 2 heteroatoms. The highest BCUT2D eigenvalue weighted by Gasteiger charge is 2.50. The SMILES string of the molecule is COC1=CC(=O)C2CC12. The fourth-order valence-corrected chi connectivity index (χ4v) is 1.39. The van der Waals surface area contributed by atoms with E-state index in [9.17, 15) is 4.79 Å². The summed E-state index contributed by atoms with van der Waals surface area (Å²) >= 11 is 0.